The average molecular weight is 763 g/mol. The summed E-state index contributed by atoms with van der Waals surface area (Å²) in [7, 11) is 0. The molecule has 0 spiro atoms. The van der Waals surface area contributed by atoms with Crippen LogP contribution in [0.25, 0.3) is 33.3 Å². The van der Waals surface area contributed by atoms with E-state index in [1.165, 1.54) is 4.90 Å². The lowest BCUT2D eigenvalue weighted by atomic mass is 9.99. The molecule has 2 N–H and O–H groups in total. The molecule has 0 radical (unpaired) electrons. The topological polar surface area (TPSA) is 159 Å². The van der Waals surface area contributed by atoms with Crippen LogP contribution in [0, 0.1) is 11.8 Å². The number of hydrogen-bond donors (Lipinski definition) is 2. The van der Waals surface area contributed by atoms with Crippen LogP contribution in [-0.4, -0.2) is 77.0 Å². The fourth-order valence-corrected chi connectivity index (χ4v) is 7.89. The van der Waals surface area contributed by atoms with Crippen molar-refractivity contribution in [2.75, 3.05) is 6.54 Å². The molecule has 3 aliphatic rings. The van der Waals surface area contributed by atoms with E-state index in [1.54, 1.807) is 31.3 Å². The van der Waals surface area contributed by atoms with Crippen molar-refractivity contribution in [3.8, 4) is 34.4 Å². The summed E-state index contributed by atoms with van der Waals surface area (Å²) in [6.07, 6.45) is 5.09. The van der Waals surface area contributed by atoms with E-state index < -0.39 is 17.5 Å². The molecule has 3 aliphatic heterocycles. The van der Waals surface area contributed by atoms with Crippen molar-refractivity contribution in [2.45, 2.75) is 84.6 Å². The Kier molecular flexibility index (Phi) is 9.65. The number of imide groups is 1. The van der Waals surface area contributed by atoms with E-state index >= 15 is 0 Å². The Bertz CT molecular complexity index is 2560. The van der Waals surface area contributed by atoms with Crippen molar-refractivity contribution in [2.24, 2.45) is 0 Å². The van der Waals surface area contributed by atoms with Gasteiger partial charge in [-0.2, -0.15) is 0 Å². The van der Waals surface area contributed by atoms with Gasteiger partial charge in [0.1, 0.15) is 17.6 Å². The number of benzene rings is 2. The molecular weight excluding hydrogens is 721 g/mol. The minimum atomic E-state index is -0.703. The highest BCUT2D eigenvalue weighted by molar-refractivity contribution is 6.05. The summed E-state index contributed by atoms with van der Waals surface area (Å²) in [5.41, 5.74) is 5.84. The van der Waals surface area contributed by atoms with E-state index in [0.29, 0.717) is 36.3 Å². The van der Waals surface area contributed by atoms with Crippen LogP contribution in [0.2, 0.25) is 0 Å². The maximum atomic E-state index is 13.3. The van der Waals surface area contributed by atoms with Gasteiger partial charge in [-0.15, -0.1) is 0 Å². The van der Waals surface area contributed by atoms with Gasteiger partial charge >= 0.3 is 0 Å². The molecule has 5 amide bonds. The first-order valence-corrected chi connectivity index (χ1v) is 19.2. The molecule has 13 heteroatoms. The van der Waals surface area contributed by atoms with E-state index in [0.717, 1.165) is 57.6 Å². The molecule has 5 aromatic rings. The Labute approximate surface area is 329 Å². The number of pyridine rings is 2. The second-order valence-electron chi connectivity index (χ2n) is 15.3. The van der Waals surface area contributed by atoms with Crippen molar-refractivity contribution in [3.05, 3.63) is 101 Å². The summed E-state index contributed by atoms with van der Waals surface area (Å²) in [4.78, 5) is 80.6. The Hall–Kier alpha value is -6.68. The maximum absolute atomic E-state index is 13.3. The quantitative estimate of drug-likeness (QED) is 0.177. The molecule has 1 fully saturated rings. The van der Waals surface area contributed by atoms with Gasteiger partial charge in [-0.3, -0.25) is 39.3 Å². The third-order valence-electron chi connectivity index (χ3n) is 10.9. The molecule has 1 saturated heterocycles. The van der Waals surface area contributed by atoms with Gasteiger partial charge in [0.15, 0.2) is 0 Å². The standard InChI is InChI=1S/C44H42N8O5/c1-5-38-47-40(37-25-50(26(2)53)19-20-51(37)38)30-12-7-10-28-21-35(46-23-32(28)30)29-14-15-34(45-22-29)41(55)49-44(3,4)18-8-11-27-9-6-13-31-33(27)24-52(43(31)57)36-16-17-39(54)48-42(36)56/h6-7,9-10,12-15,21-23,36H,5,16-20,24-25H2,1-4H3,(H,49,55)(H,48,54,56). The number of rotatable bonds is 7. The molecule has 0 bridgehead atoms. The third kappa shape index (κ3) is 7.15. The van der Waals surface area contributed by atoms with Gasteiger partial charge < -0.3 is 19.7 Å². The summed E-state index contributed by atoms with van der Waals surface area (Å²) < 4.78 is 2.24. The predicted octanol–water partition coefficient (Wildman–Crippen LogP) is 4.80. The SMILES string of the molecule is CCc1nc(-c2cccc3cc(-c4ccc(C(=O)NC(C)(C)CC#Cc5cccc6c5CN(C5CCC(=O)NC5=O)C6=O)nc4)ncc23)c2n1CCN(C(C)=O)C2. The number of nitrogens with zero attached hydrogens (tertiary/aromatic N) is 6. The molecule has 6 heterocycles. The Morgan fingerprint density at radius 1 is 0.982 bits per heavy atom. The van der Waals surface area contributed by atoms with Gasteiger partial charge in [0.25, 0.3) is 11.8 Å². The molecule has 57 heavy (non-hydrogen) atoms. The van der Waals surface area contributed by atoms with Crippen molar-refractivity contribution in [3.63, 3.8) is 0 Å². The third-order valence-corrected chi connectivity index (χ3v) is 10.9. The van der Waals surface area contributed by atoms with Gasteiger partial charge in [0, 0.05) is 91.4 Å². The zero-order valence-corrected chi connectivity index (χ0v) is 32.3. The Balaban J connectivity index is 0.943. The highest BCUT2D eigenvalue weighted by Gasteiger charge is 2.39. The fourth-order valence-electron chi connectivity index (χ4n) is 7.89. The molecule has 288 valence electrons. The number of aryl methyl sites for hydroxylation is 1. The Morgan fingerprint density at radius 3 is 2.54 bits per heavy atom. The van der Waals surface area contributed by atoms with Crippen LogP contribution in [0.1, 0.15) is 90.4 Å². The van der Waals surface area contributed by atoms with Crippen LogP contribution in [0.3, 0.4) is 0 Å². The zero-order valence-electron chi connectivity index (χ0n) is 32.3. The minimum Gasteiger partial charge on any atom is -0.345 e. The van der Waals surface area contributed by atoms with E-state index in [9.17, 15) is 24.0 Å². The number of amides is 5. The number of nitrogens with one attached hydrogen (secondary N) is 2. The lowest BCUT2D eigenvalue weighted by molar-refractivity contribution is -0.137. The van der Waals surface area contributed by atoms with Crippen molar-refractivity contribution < 1.29 is 24.0 Å². The van der Waals surface area contributed by atoms with Gasteiger partial charge in [-0.1, -0.05) is 43.0 Å². The first-order valence-electron chi connectivity index (χ1n) is 19.2. The minimum absolute atomic E-state index is 0.0525. The Morgan fingerprint density at radius 2 is 1.79 bits per heavy atom. The maximum Gasteiger partial charge on any atom is 0.270 e. The lowest BCUT2D eigenvalue weighted by Crippen LogP contribution is -2.52. The van der Waals surface area contributed by atoms with Crippen LogP contribution < -0.4 is 10.6 Å². The smallest absolute Gasteiger partial charge is 0.270 e. The number of hydrogen-bond acceptors (Lipinski definition) is 8. The highest BCUT2D eigenvalue weighted by atomic mass is 16.2. The van der Waals surface area contributed by atoms with Crippen LogP contribution >= 0.6 is 0 Å². The van der Waals surface area contributed by atoms with Gasteiger partial charge in [-0.05, 0) is 61.5 Å². The summed E-state index contributed by atoms with van der Waals surface area (Å²) in [5, 5.41) is 7.31. The van der Waals surface area contributed by atoms with Crippen LogP contribution in [0.15, 0.2) is 67.0 Å². The van der Waals surface area contributed by atoms with Crippen molar-refractivity contribution in [1.29, 1.82) is 0 Å². The van der Waals surface area contributed by atoms with Gasteiger partial charge in [0.2, 0.25) is 17.7 Å². The van der Waals surface area contributed by atoms with Crippen LogP contribution in [-0.2, 0) is 40.4 Å². The summed E-state index contributed by atoms with van der Waals surface area (Å²) in [6.45, 7) is 9.61. The average Bonchev–Trinajstić information content (AvgIpc) is 3.74. The normalized spacial score (nSPS) is 16.5. The number of carbonyl (C=O) groups is 5. The lowest BCUT2D eigenvalue weighted by Gasteiger charge is -2.29. The molecule has 13 nitrogen and oxygen atoms in total. The van der Waals surface area contributed by atoms with Gasteiger partial charge in [-0.25, -0.2) is 4.98 Å². The monoisotopic (exact) mass is 762 g/mol. The molecule has 0 saturated carbocycles. The van der Waals surface area contributed by atoms with Gasteiger partial charge in [0.05, 0.1) is 23.6 Å². The number of fused-ring (bicyclic) bond motifs is 3. The molecule has 0 aliphatic carbocycles. The number of imidazole rings is 1. The molecule has 3 aromatic heterocycles. The summed E-state index contributed by atoms with van der Waals surface area (Å²) >= 11 is 0. The van der Waals surface area contributed by atoms with E-state index in [4.69, 9.17) is 9.97 Å². The van der Waals surface area contributed by atoms with Crippen LogP contribution in [0.4, 0.5) is 0 Å². The largest absolute Gasteiger partial charge is 0.345 e. The molecule has 8 rings (SSSR count). The molecular formula is C44H42N8O5. The second-order valence-corrected chi connectivity index (χ2v) is 15.3. The first-order chi connectivity index (χ1) is 27.4. The van der Waals surface area contributed by atoms with E-state index in [-0.39, 0.29) is 48.7 Å². The summed E-state index contributed by atoms with van der Waals surface area (Å²) in [6, 6.07) is 16.2. The fraction of sp³-hybridized carbons (Fsp3) is 0.318. The van der Waals surface area contributed by atoms with Crippen LogP contribution in [0.5, 0.6) is 0 Å². The van der Waals surface area contributed by atoms with Crippen molar-refractivity contribution in [1.82, 2.24) is 40.0 Å². The van der Waals surface area contributed by atoms with E-state index in [1.807, 2.05) is 55.3 Å². The summed E-state index contributed by atoms with van der Waals surface area (Å²) in [5.74, 6) is 6.02. The second kappa shape index (κ2) is 14.8. The van der Waals surface area contributed by atoms with E-state index in [2.05, 4.69) is 45.0 Å². The van der Waals surface area contributed by atoms with Crippen molar-refractivity contribution >= 4 is 40.3 Å². The highest BCUT2D eigenvalue weighted by Crippen LogP contribution is 2.35. The predicted molar refractivity (Wildman–Crippen MR) is 212 cm³/mol. The number of aromatic nitrogens is 4. The number of carbonyl (C=O) groups excluding carboxylic acids is 5. The molecule has 2 aromatic carbocycles. The first kappa shape index (κ1) is 37.3. The molecule has 1 unspecified atom stereocenters. The zero-order chi connectivity index (χ0) is 40.0. The number of piperidine rings is 1. The molecule has 1 atom stereocenters.